The van der Waals surface area contributed by atoms with Crippen molar-refractivity contribution in [2.75, 3.05) is 21.3 Å². The number of phenols is 1. The Morgan fingerprint density at radius 1 is 1.03 bits per heavy atom. The molecule has 0 aliphatic carbocycles. The minimum Gasteiger partial charge on any atom is -0.507 e. The molecule has 29 heavy (non-hydrogen) atoms. The van der Waals surface area contributed by atoms with Gasteiger partial charge in [-0.05, 0) is 68.4 Å². The van der Waals surface area contributed by atoms with Crippen LogP contribution in [0.25, 0.3) is 21.9 Å². The standard InChI is InChI=1S/C25H29NO3/c1-14-12-21(29-6)24-18(8-7-9-20(24)28-5)22(14)19-11-10-17-13-15(2)26(4)16(3)23(17)25(19)27/h7-12,15-16,27H,13H2,1-6H3/t15-,16-/m1/s1. The molecule has 0 spiro atoms. The van der Waals surface area contributed by atoms with Crippen LogP contribution in [0.5, 0.6) is 17.2 Å². The highest BCUT2D eigenvalue weighted by molar-refractivity contribution is 6.05. The van der Waals surface area contributed by atoms with Gasteiger partial charge in [-0.15, -0.1) is 0 Å². The Labute approximate surface area is 172 Å². The number of aromatic hydroxyl groups is 1. The van der Waals surface area contributed by atoms with E-state index in [0.29, 0.717) is 11.8 Å². The molecule has 1 aliphatic heterocycles. The molecule has 0 radical (unpaired) electrons. The van der Waals surface area contributed by atoms with Crippen LogP contribution >= 0.6 is 0 Å². The van der Waals surface area contributed by atoms with Crippen LogP contribution in [-0.4, -0.2) is 37.3 Å². The summed E-state index contributed by atoms with van der Waals surface area (Å²) in [6, 6.07) is 12.9. The van der Waals surface area contributed by atoms with Gasteiger partial charge in [0, 0.05) is 23.2 Å². The average molecular weight is 392 g/mol. The van der Waals surface area contributed by atoms with E-state index in [1.807, 2.05) is 18.2 Å². The number of methoxy groups -OCH3 is 2. The first kappa shape index (κ1) is 19.6. The van der Waals surface area contributed by atoms with Crippen molar-refractivity contribution < 1.29 is 14.6 Å². The Kier molecular flexibility index (Phi) is 4.91. The smallest absolute Gasteiger partial charge is 0.130 e. The van der Waals surface area contributed by atoms with E-state index in [1.54, 1.807) is 14.2 Å². The molecule has 0 amide bonds. The van der Waals surface area contributed by atoms with E-state index in [4.69, 9.17) is 9.47 Å². The maximum absolute atomic E-state index is 11.4. The van der Waals surface area contributed by atoms with Gasteiger partial charge < -0.3 is 14.6 Å². The third kappa shape index (κ3) is 2.94. The van der Waals surface area contributed by atoms with Gasteiger partial charge in [0.15, 0.2) is 0 Å². The van der Waals surface area contributed by atoms with Gasteiger partial charge in [-0.25, -0.2) is 0 Å². The van der Waals surface area contributed by atoms with Crippen molar-refractivity contribution in [3.05, 3.63) is 53.1 Å². The first-order valence-corrected chi connectivity index (χ1v) is 10.1. The number of hydrogen-bond donors (Lipinski definition) is 1. The molecule has 4 rings (SSSR count). The summed E-state index contributed by atoms with van der Waals surface area (Å²) in [6.45, 7) is 6.46. The Bertz CT molecular complexity index is 1090. The summed E-state index contributed by atoms with van der Waals surface area (Å²) in [4.78, 5) is 2.33. The number of ether oxygens (including phenoxy) is 2. The van der Waals surface area contributed by atoms with E-state index >= 15 is 0 Å². The SMILES string of the molecule is COc1cccc2c(-c3ccc4c(c3O)[C@@H](C)N(C)[C@H](C)C4)c(C)cc(OC)c12. The average Bonchev–Trinajstić information content (AvgIpc) is 2.71. The molecule has 1 aliphatic rings. The lowest BCUT2D eigenvalue weighted by Crippen LogP contribution is -2.38. The van der Waals surface area contributed by atoms with E-state index in [2.05, 4.69) is 50.9 Å². The Hall–Kier alpha value is -2.72. The fourth-order valence-corrected chi connectivity index (χ4v) is 4.78. The van der Waals surface area contributed by atoms with Gasteiger partial charge in [0.05, 0.1) is 19.6 Å². The molecule has 1 heterocycles. The number of nitrogens with zero attached hydrogens (tertiary/aromatic N) is 1. The normalized spacial score (nSPS) is 19.2. The lowest BCUT2D eigenvalue weighted by atomic mass is 9.84. The number of aryl methyl sites for hydroxylation is 1. The second kappa shape index (κ2) is 7.27. The predicted molar refractivity (Wildman–Crippen MR) is 118 cm³/mol. The fourth-order valence-electron chi connectivity index (χ4n) is 4.78. The molecule has 152 valence electrons. The molecular formula is C25H29NO3. The summed E-state index contributed by atoms with van der Waals surface area (Å²) < 4.78 is 11.3. The predicted octanol–water partition coefficient (Wildman–Crippen LogP) is 5.48. The zero-order chi connectivity index (χ0) is 20.9. The van der Waals surface area contributed by atoms with Crippen LogP contribution in [0, 0.1) is 6.92 Å². The van der Waals surface area contributed by atoms with Crippen molar-refractivity contribution in [3.8, 4) is 28.4 Å². The van der Waals surface area contributed by atoms with Gasteiger partial charge >= 0.3 is 0 Å². The van der Waals surface area contributed by atoms with Crippen LogP contribution in [0.3, 0.4) is 0 Å². The third-order valence-electron chi connectivity index (χ3n) is 6.54. The molecule has 1 N–H and O–H groups in total. The zero-order valence-electron chi connectivity index (χ0n) is 18.0. The van der Waals surface area contributed by atoms with E-state index in [0.717, 1.165) is 50.9 Å². The highest BCUT2D eigenvalue weighted by atomic mass is 16.5. The fraction of sp³-hybridized carbons (Fsp3) is 0.360. The van der Waals surface area contributed by atoms with Crippen molar-refractivity contribution in [2.45, 2.75) is 39.3 Å². The highest BCUT2D eigenvalue weighted by Gasteiger charge is 2.30. The van der Waals surface area contributed by atoms with Crippen LogP contribution in [0.2, 0.25) is 0 Å². The van der Waals surface area contributed by atoms with Gasteiger partial charge in [-0.1, -0.05) is 24.3 Å². The quantitative estimate of drug-likeness (QED) is 0.642. The molecule has 4 nitrogen and oxygen atoms in total. The van der Waals surface area contributed by atoms with E-state index in [1.165, 1.54) is 5.56 Å². The second-order valence-corrected chi connectivity index (χ2v) is 8.08. The largest absolute Gasteiger partial charge is 0.507 e. The van der Waals surface area contributed by atoms with Crippen LogP contribution in [-0.2, 0) is 6.42 Å². The number of hydrogen-bond acceptors (Lipinski definition) is 4. The number of rotatable bonds is 3. The monoisotopic (exact) mass is 391 g/mol. The van der Waals surface area contributed by atoms with Crippen LogP contribution in [0.15, 0.2) is 36.4 Å². The number of phenolic OH excluding ortho intramolecular Hbond substituents is 1. The van der Waals surface area contributed by atoms with Crippen LogP contribution in [0.1, 0.15) is 36.6 Å². The van der Waals surface area contributed by atoms with E-state index < -0.39 is 0 Å². The molecule has 0 fully saturated rings. The summed E-state index contributed by atoms with van der Waals surface area (Å²) >= 11 is 0. The van der Waals surface area contributed by atoms with Crippen LogP contribution in [0.4, 0.5) is 0 Å². The van der Waals surface area contributed by atoms with Crippen molar-refractivity contribution in [2.24, 2.45) is 0 Å². The first-order chi connectivity index (χ1) is 13.9. The minimum absolute atomic E-state index is 0.160. The van der Waals surface area contributed by atoms with Crippen molar-refractivity contribution in [1.82, 2.24) is 4.90 Å². The Morgan fingerprint density at radius 3 is 2.45 bits per heavy atom. The summed E-state index contributed by atoms with van der Waals surface area (Å²) in [5.41, 5.74) is 5.21. The molecule has 0 unspecified atom stereocenters. The van der Waals surface area contributed by atoms with Crippen molar-refractivity contribution in [1.29, 1.82) is 0 Å². The molecule has 2 atom stereocenters. The van der Waals surface area contributed by atoms with Gasteiger partial charge in [0.2, 0.25) is 0 Å². The Morgan fingerprint density at radius 2 is 1.76 bits per heavy atom. The van der Waals surface area contributed by atoms with Crippen molar-refractivity contribution in [3.63, 3.8) is 0 Å². The zero-order valence-corrected chi connectivity index (χ0v) is 18.0. The van der Waals surface area contributed by atoms with E-state index in [-0.39, 0.29) is 6.04 Å². The Balaban J connectivity index is 2.03. The lowest BCUT2D eigenvalue weighted by molar-refractivity contribution is 0.176. The molecule has 0 saturated heterocycles. The molecule has 0 aromatic heterocycles. The van der Waals surface area contributed by atoms with Gasteiger partial charge in [-0.3, -0.25) is 4.90 Å². The molecule has 3 aromatic carbocycles. The first-order valence-electron chi connectivity index (χ1n) is 10.1. The summed E-state index contributed by atoms with van der Waals surface area (Å²) in [6.07, 6.45) is 0.945. The molecule has 0 saturated carbocycles. The molecule has 0 bridgehead atoms. The molecule has 4 heteroatoms. The highest BCUT2D eigenvalue weighted by Crippen LogP contribution is 2.47. The maximum Gasteiger partial charge on any atom is 0.130 e. The third-order valence-corrected chi connectivity index (χ3v) is 6.54. The van der Waals surface area contributed by atoms with E-state index in [9.17, 15) is 5.11 Å². The molecular weight excluding hydrogens is 362 g/mol. The van der Waals surface area contributed by atoms with Gasteiger partial charge in [0.1, 0.15) is 17.2 Å². The number of benzene rings is 3. The van der Waals surface area contributed by atoms with Gasteiger partial charge in [0.25, 0.3) is 0 Å². The van der Waals surface area contributed by atoms with Crippen LogP contribution < -0.4 is 9.47 Å². The lowest BCUT2D eigenvalue weighted by Gasteiger charge is -2.38. The summed E-state index contributed by atoms with van der Waals surface area (Å²) in [7, 11) is 5.47. The summed E-state index contributed by atoms with van der Waals surface area (Å²) in [5, 5.41) is 13.4. The van der Waals surface area contributed by atoms with Crippen molar-refractivity contribution >= 4 is 10.8 Å². The molecule has 3 aromatic rings. The number of likely N-dealkylation sites (N-methyl/N-ethyl adjacent to an activating group) is 1. The minimum atomic E-state index is 0.160. The number of fused-ring (bicyclic) bond motifs is 2. The summed E-state index contributed by atoms with van der Waals surface area (Å²) in [5.74, 6) is 1.92. The topological polar surface area (TPSA) is 41.9 Å². The maximum atomic E-state index is 11.4. The second-order valence-electron chi connectivity index (χ2n) is 8.08. The van der Waals surface area contributed by atoms with Gasteiger partial charge in [-0.2, -0.15) is 0 Å².